The smallest absolute Gasteiger partial charge is 0.413 e. The lowest BCUT2D eigenvalue weighted by molar-refractivity contribution is -0.139. The summed E-state index contributed by atoms with van der Waals surface area (Å²) >= 11 is 0. The van der Waals surface area contributed by atoms with Gasteiger partial charge in [-0.15, -0.1) is 0 Å². The summed E-state index contributed by atoms with van der Waals surface area (Å²) in [6.45, 7) is 0.263. The monoisotopic (exact) mass is 264 g/mol. The quantitative estimate of drug-likeness (QED) is 0.245. The first-order valence-corrected chi connectivity index (χ1v) is 5.76. The molecule has 0 atom stereocenters. The molecule has 0 N–H and O–H groups in total. The highest BCUT2D eigenvalue weighted by Gasteiger charge is 2.06. The second kappa shape index (κ2) is 7.89. The Kier molecular flexibility index (Phi) is 6.12. The van der Waals surface area contributed by atoms with Crippen molar-refractivity contribution in [2.24, 2.45) is 0 Å². The summed E-state index contributed by atoms with van der Waals surface area (Å²) in [6.07, 6.45) is 2.13. The van der Waals surface area contributed by atoms with E-state index >= 15 is 0 Å². The van der Waals surface area contributed by atoms with Crippen LogP contribution >= 0.6 is 0 Å². The Morgan fingerprint density at radius 2 is 2.05 bits per heavy atom. The van der Waals surface area contributed by atoms with Gasteiger partial charge in [0.2, 0.25) is 0 Å². The summed E-state index contributed by atoms with van der Waals surface area (Å²) in [5.41, 5.74) is 9.18. The van der Waals surface area contributed by atoms with Gasteiger partial charge < -0.3 is 19.7 Å². The number of carbonyl (C=O) groups excluding carboxylic acids is 1. The van der Waals surface area contributed by atoms with Gasteiger partial charge in [0, 0.05) is 0 Å². The van der Waals surface area contributed by atoms with E-state index in [4.69, 9.17) is 19.7 Å². The Bertz CT molecular complexity index is 482. The van der Waals surface area contributed by atoms with E-state index in [-0.39, 0.29) is 6.61 Å². The number of methoxy groups -OCH3 is 2. The van der Waals surface area contributed by atoms with Crippen molar-refractivity contribution in [1.29, 1.82) is 0 Å². The average molecular weight is 264 g/mol. The van der Waals surface area contributed by atoms with Gasteiger partial charge in [-0.2, -0.15) is 4.79 Å². The first-order valence-electron chi connectivity index (χ1n) is 5.76. The number of ether oxygens (including phenoxy) is 3. The van der Waals surface area contributed by atoms with Gasteiger partial charge in [0.15, 0.2) is 11.5 Å². The van der Waals surface area contributed by atoms with Crippen LogP contribution in [0.4, 0.5) is 0 Å². The number of hydrogen-bond acceptors (Lipinski definition) is 4. The first-order chi connectivity index (χ1) is 9.21. The molecular formula is C13H16N2O4. The molecule has 6 heteroatoms. The molecule has 0 aromatic heterocycles. The third-order valence-electron chi connectivity index (χ3n) is 2.47. The second-order valence-electron chi connectivity index (χ2n) is 3.70. The van der Waals surface area contributed by atoms with Gasteiger partial charge in [0.05, 0.1) is 20.8 Å². The summed E-state index contributed by atoms with van der Waals surface area (Å²) < 4.78 is 15.1. The van der Waals surface area contributed by atoms with Crippen molar-refractivity contribution in [2.75, 3.05) is 20.8 Å². The van der Waals surface area contributed by atoms with Crippen LogP contribution in [0.1, 0.15) is 12.0 Å². The standard InChI is InChI=1S/C13H16N2O4/c1-17-11-6-5-10(8-12(11)18-2)4-3-7-19-13(16)9-15-14/h5-6,8-9H,3-4,7H2,1-2H3. The molecule has 0 saturated heterocycles. The molecular weight excluding hydrogens is 248 g/mol. The van der Waals surface area contributed by atoms with E-state index in [1.54, 1.807) is 14.2 Å². The maximum atomic E-state index is 10.9. The largest absolute Gasteiger partial charge is 0.493 e. The molecule has 1 rings (SSSR count). The third-order valence-corrected chi connectivity index (χ3v) is 2.47. The summed E-state index contributed by atoms with van der Waals surface area (Å²) in [7, 11) is 3.16. The molecule has 19 heavy (non-hydrogen) atoms. The van der Waals surface area contributed by atoms with Crippen LogP contribution < -0.4 is 9.47 Å². The maximum Gasteiger partial charge on any atom is 0.413 e. The van der Waals surface area contributed by atoms with Crippen LogP contribution in [0.2, 0.25) is 0 Å². The van der Waals surface area contributed by atoms with E-state index in [9.17, 15) is 4.79 Å². The fraction of sp³-hybridized carbons (Fsp3) is 0.385. The van der Waals surface area contributed by atoms with Crippen molar-refractivity contribution >= 4 is 12.2 Å². The molecule has 0 spiro atoms. The molecule has 1 aromatic rings. The van der Waals surface area contributed by atoms with Gasteiger partial charge in [-0.05, 0) is 30.5 Å². The molecule has 102 valence electrons. The highest BCUT2D eigenvalue weighted by atomic mass is 16.5. The summed E-state index contributed by atoms with van der Waals surface area (Å²) in [5.74, 6) is 0.691. The minimum atomic E-state index is -0.658. The molecule has 0 heterocycles. The van der Waals surface area contributed by atoms with E-state index in [2.05, 4.69) is 4.79 Å². The van der Waals surface area contributed by atoms with Gasteiger partial charge in [-0.1, -0.05) is 6.07 Å². The number of hydrogen-bond donors (Lipinski definition) is 0. The minimum absolute atomic E-state index is 0.263. The molecule has 0 aliphatic heterocycles. The van der Waals surface area contributed by atoms with Crippen LogP contribution in [0.15, 0.2) is 18.2 Å². The molecule has 0 aliphatic carbocycles. The van der Waals surface area contributed by atoms with Gasteiger partial charge in [0.1, 0.15) is 0 Å². The lowest BCUT2D eigenvalue weighted by Crippen LogP contribution is -2.08. The van der Waals surface area contributed by atoms with Gasteiger partial charge in [-0.3, -0.25) is 0 Å². The Morgan fingerprint density at radius 1 is 1.32 bits per heavy atom. The fourth-order valence-corrected chi connectivity index (χ4v) is 1.57. The zero-order valence-electron chi connectivity index (χ0n) is 11.0. The highest BCUT2D eigenvalue weighted by Crippen LogP contribution is 2.27. The number of esters is 1. The molecule has 0 aliphatic rings. The Labute approximate surface area is 111 Å². The third kappa shape index (κ3) is 4.81. The Hall–Kier alpha value is -2.33. The number of aryl methyl sites for hydroxylation is 1. The molecule has 0 fully saturated rings. The van der Waals surface area contributed by atoms with E-state index in [0.29, 0.717) is 17.9 Å². The predicted molar refractivity (Wildman–Crippen MR) is 68.5 cm³/mol. The van der Waals surface area contributed by atoms with Crippen molar-refractivity contribution < 1.29 is 23.8 Å². The molecule has 0 unspecified atom stereocenters. The van der Waals surface area contributed by atoms with Gasteiger partial charge >= 0.3 is 12.2 Å². The van der Waals surface area contributed by atoms with Crippen molar-refractivity contribution in [2.45, 2.75) is 12.8 Å². The zero-order valence-corrected chi connectivity index (χ0v) is 11.0. The van der Waals surface area contributed by atoms with Crippen molar-refractivity contribution in [3.05, 3.63) is 29.3 Å². The molecule has 6 nitrogen and oxygen atoms in total. The molecule has 0 bridgehead atoms. The summed E-state index contributed by atoms with van der Waals surface area (Å²) in [4.78, 5) is 13.5. The van der Waals surface area contributed by atoms with Crippen molar-refractivity contribution in [3.8, 4) is 11.5 Å². The number of carbonyl (C=O) groups is 1. The summed E-state index contributed by atoms with van der Waals surface area (Å²) in [6, 6.07) is 5.65. The molecule has 0 saturated carbocycles. The predicted octanol–water partition coefficient (Wildman–Crippen LogP) is 1.48. The highest BCUT2D eigenvalue weighted by molar-refractivity contribution is 6.20. The van der Waals surface area contributed by atoms with Gasteiger partial charge in [0.25, 0.3) is 0 Å². The minimum Gasteiger partial charge on any atom is -0.493 e. The Balaban J connectivity index is 2.45. The second-order valence-corrected chi connectivity index (χ2v) is 3.70. The molecule has 1 aromatic carbocycles. The van der Waals surface area contributed by atoms with Crippen LogP contribution in [0, 0.1) is 0 Å². The van der Waals surface area contributed by atoms with Gasteiger partial charge in [-0.25, -0.2) is 4.79 Å². The average Bonchev–Trinajstić information content (AvgIpc) is 2.43. The van der Waals surface area contributed by atoms with E-state index in [0.717, 1.165) is 18.2 Å². The van der Waals surface area contributed by atoms with Crippen molar-refractivity contribution in [1.82, 2.24) is 0 Å². The van der Waals surface area contributed by atoms with Crippen LogP contribution in [-0.4, -0.2) is 37.8 Å². The van der Waals surface area contributed by atoms with Crippen LogP contribution in [0.5, 0.6) is 11.5 Å². The van der Waals surface area contributed by atoms with E-state index in [1.165, 1.54) is 0 Å². The van der Waals surface area contributed by atoms with Crippen LogP contribution in [0.3, 0.4) is 0 Å². The topological polar surface area (TPSA) is 81.2 Å². The van der Waals surface area contributed by atoms with Crippen LogP contribution in [0.25, 0.3) is 5.53 Å². The maximum absolute atomic E-state index is 10.9. The lowest BCUT2D eigenvalue weighted by Gasteiger charge is -2.09. The number of nitrogens with zero attached hydrogens (tertiary/aromatic N) is 2. The number of benzene rings is 1. The van der Waals surface area contributed by atoms with Crippen molar-refractivity contribution in [3.63, 3.8) is 0 Å². The summed E-state index contributed by atoms with van der Waals surface area (Å²) in [5, 5.41) is 0. The fourth-order valence-electron chi connectivity index (χ4n) is 1.57. The normalized spacial score (nSPS) is 9.37. The Morgan fingerprint density at radius 3 is 2.68 bits per heavy atom. The first kappa shape index (κ1) is 14.7. The van der Waals surface area contributed by atoms with E-state index < -0.39 is 5.97 Å². The number of rotatable bonds is 7. The molecule has 0 amide bonds. The zero-order chi connectivity index (χ0) is 14.1. The lowest BCUT2D eigenvalue weighted by atomic mass is 10.1. The molecule has 0 radical (unpaired) electrons. The SMILES string of the molecule is COc1ccc(CCCOC(=O)C=[N+]=[N-])cc1OC. The van der Waals surface area contributed by atoms with Crippen LogP contribution in [-0.2, 0) is 16.0 Å². The van der Waals surface area contributed by atoms with E-state index in [1.807, 2.05) is 18.2 Å².